The van der Waals surface area contributed by atoms with Gasteiger partial charge in [0, 0.05) is 31.1 Å². The number of halogens is 2. The number of hydrogen-bond acceptors (Lipinski definition) is 2. The van der Waals surface area contributed by atoms with Gasteiger partial charge in [-0.2, -0.15) is 5.26 Å². The Hall–Kier alpha value is -1.11. The average molecular weight is 269 g/mol. The smallest absolute Gasteiger partial charge is 0.123 e. The molecule has 4 heteroatoms. The Balaban J connectivity index is 2.75. The Morgan fingerprint density at radius 1 is 1.44 bits per heavy atom. The second-order valence-corrected chi connectivity index (χ2v) is 5.18. The van der Waals surface area contributed by atoms with Gasteiger partial charge in [0.25, 0.3) is 0 Å². The highest BCUT2D eigenvalue weighted by atomic mass is 35.5. The topological polar surface area (TPSA) is 27.0 Å². The Bertz CT molecular complexity index is 426. The lowest BCUT2D eigenvalue weighted by Crippen LogP contribution is -2.28. The van der Waals surface area contributed by atoms with Crippen molar-refractivity contribution in [3.05, 3.63) is 34.6 Å². The van der Waals surface area contributed by atoms with Crippen LogP contribution in [0.25, 0.3) is 0 Å². The number of hydrogen-bond donors (Lipinski definition) is 0. The summed E-state index contributed by atoms with van der Waals surface area (Å²) in [5.41, 5.74) is 0.773. The van der Waals surface area contributed by atoms with Crippen molar-refractivity contribution in [1.82, 2.24) is 4.90 Å². The Morgan fingerprint density at radius 3 is 2.78 bits per heavy atom. The van der Waals surface area contributed by atoms with E-state index in [1.54, 1.807) is 6.07 Å². The molecule has 0 aliphatic rings. The van der Waals surface area contributed by atoms with E-state index in [-0.39, 0.29) is 5.82 Å². The first-order valence-corrected chi connectivity index (χ1v) is 6.44. The molecular weight excluding hydrogens is 251 g/mol. The molecule has 0 saturated carbocycles. The lowest BCUT2D eigenvalue weighted by molar-refractivity contribution is 0.241. The fourth-order valence-corrected chi connectivity index (χ4v) is 2.04. The third kappa shape index (κ3) is 5.03. The maximum absolute atomic E-state index is 13.2. The zero-order valence-electron chi connectivity index (χ0n) is 10.8. The minimum absolute atomic E-state index is 0.279. The molecule has 0 bridgehead atoms. The molecule has 0 saturated heterocycles. The molecule has 1 rings (SSSR count). The molecule has 1 aromatic carbocycles. The van der Waals surface area contributed by atoms with Crippen LogP contribution in [0.1, 0.15) is 25.8 Å². The molecule has 98 valence electrons. The van der Waals surface area contributed by atoms with Crippen LogP contribution < -0.4 is 0 Å². The van der Waals surface area contributed by atoms with Crippen molar-refractivity contribution in [2.75, 3.05) is 13.1 Å². The van der Waals surface area contributed by atoms with Crippen LogP contribution in [-0.2, 0) is 6.54 Å². The minimum atomic E-state index is -0.279. The number of benzene rings is 1. The number of nitriles is 1. The highest BCUT2D eigenvalue weighted by molar-refractivity contribution is 6.31. The van der Waals surface area contributed by atoms with Gasteiger partial charge in [0.2, 0.25) is 0 Å². The van der Waals surface area contributed by atoms with Crippen molar-refractivity contribution in [3.63, 3.8) is 0 Å². The molecule has 18 heavy (non-hydrogen) atoms. The van der Waals surface area contributed by atoms with E-state index in [0.717, 1.165) is 12.1 Å². The molecule has 0 aliphatic carbocycles. The fraction of sp³-hybridized carbons (Fsp3) is 0.500. The van der Waals surface area contributed by atoms with Crippen LogP contribution in [0.3, 0.4) is 0 Å². The minimum Gasteiger partial charge on any atom is -0.298 e. The van der Waals surface area contributed by atoms with Gasteiger partial charge in [-0.3, -0.25) is 4.90 Å². The Morgan fingerprint density at radius 2 is 2.17 bits per heavy atom. The number of nitrogens with zero attached hydrogens (tertiary/aromatic N) is 2. The first-order valence-electron chi connectivity index (χ1n) is 6.06. The summed E-state index contributed by atoms with van der Waals surface area (Å²) in [6.07, 6.45) is 0.472. The second kappa shape index (κ2) is 7.35. The van der Waals surface area contributed by atoms with Crippen LogP contribution in [0.15, 0.2) is 18.2 Å². The van der Waals surface area contributed by atoms with Gasteiger partial charge in [0.15, 0.2) is 0 Å². The van der Waals surface area contributed by atoms with Crippen LogP contribution in [0.2, 0.25) is 5.02 Å². The summed E-state index contributed by atoms with van der Waals surface area (Å²) < 4.78 is 13.2. The highest BCUT2D eigenvalue weighted by Crippen LogP contribution is 2.19. The Kier molecular flexibility index (Phi) is 6.11. The fourth-order valence-electron chi connectivity index (χ4n) is 1.86. The van der Waals surface area contributed by atoms with Crippen molar-refractivity contribution in [3.8, 4) is 6.07 Å². The molecule has 0 heterocycles. The molecular formula is C14H18ClFN2. The molecule has 0 unspecified atom stereocenters. The van der Waals surface area contributed by atoms with E-state index in [0.29, 0.717) is 30.5 Å². The summed E-state index contributed by atoms with van der Waals surface area (Å²) >= 11 is 6.05. The monoisotopic (exact) mass is 268 g/mol. The second-order valence-electron chi connectivity index (χ2n) is 4.77. The molecule has 0 N–H and O–H groups in total. The summed E-state index contributed by atoms with van der Waals surface area (Å²) in [6.45, 7) is 6.37. The summed E-state index contributed by atoms with van der Waals surface area (Å²) in [6, 6.07) is 6.52. The lowest BCUT2D eigenvalue weighted by Gasteiger charge is -2.23. The lowest BCUT2D eigenvalue weighted by atomic mass is 10.1. The molecule has 2 nitrogen and oxygen atoms in total. The third-order valence-electron chi connectivity index (χ3n) is 2.56. The summed E-state index contributed by atoms with van der Waals surface area (Å²) in [4.78, 5) is 2.13. The van der Waals surface area contributed by atoms with Crippen LogP contribution in [0.5, 0.6) is 0 Å². The zero-order chi connectivity index (χ0) is 13.5. The molecule has 0 aromatic heterocycles. The van der Waals surface area contributed by atoms with E-state index in [4.69, 9.17) is 16.9 Å². The normalized spacial score (nSPS) is 10.9. The highest BCUT2D eigenvalue weighted by Gasteiger charge is 2.11. The summed E-state index contributed by atoms with van der Waals surface area (Å²) in [7, 11) is 0. The summed E-state index contributed by atoms with van der Waals surface area (Å²) in [5.74, 6) is 0.218. The van der Waals surface area contributed by atoms with Gasteiger partial charge in [-0.05, 0) is 29.7 Å². The van der Waals surface area contributed by atoms with Gasteiger partial charge in [0.05, 0.1) is 6.07 Å². The average Bonchev–Trinajstić information content (AvgIpc) is 2.30. The van der Waals surface area contributed by atoms with E-state index in [1.807, 2.05) is 0 Å². The van der Waals surface area contributed by atoms with Crippen LogP contribution >= 0.6 is 11.6 Å². The van der Waals surface area contributed by atoms with Crippen LogP contribution in [-0.4, -0.2) is 18.0 Å². The Labute approximate surface area is 113 Å². The van der Waals surface area contributed by atoms with Gasteiger partial charge in [0.1, 0.15) is 5.82 Å². The SMILES string of the molecule is CC(C)CN(CCC#N)Cc1cc(F)ccc1Cl. The van der Waals surface area contributed by atoms with Gasteiger partial charge in [-0.1, -0.05) is 25.4 Å². The zero-order valence-corrected chi connectivity index (χ0v) is 11.5. The standard InChI is InChI=1S/C14H18ClFN2/c1-11(2)9-18(7-3-6-17)10-12-8-13(16)4-5-14(12)15/h4-5,8,11H,3,7,9-10H2,1-2H3. The van der Waals surface area contributed by atoms with Crippen LogP contribution in [0, 0.1) is 23.1 Å². The molecule has 0 fully saturated rings. The van der Waals surface area contributed by atoms with Crippen molar-refractivity contribution in [1.29, 1.82) is 5.26 Å². The molecule has 0 amide bonds. The third-order valence-corrected chi connectivity index (χ3v) is 2.93. The van der Waals surface area contributed by atoms with Gasteiger partial charge in [-0.15, -0.1) is 0 Å². The van der Waals surface area contributed by atoms with Gasteiger partial charge < -0.3 is 0 Å². The predicted molar refractivity (Wildman–Crippen MR) is 71.8 cm³/mol. The maximum Gasteiger partial charge on any atom is 0.123 e. The predicted octanol–water partition coefficient (Wildman–Crippen LogP) is 3.85. The van der Waals surface area contributed by atoms with E-state index in [2.05, 4.69) is 24.8 Å². The molecule has 0 aliphatic heterocycles. The van der Waals surface area contributed by atoms with Gasteiger partial charge in [-0.25, -0.2) is 4.39 Å². The largest absolute Gasteiger partial charge is 0.298 e. The van der Waals surface area contributed by atoms with Crippen molar-refractivity contribution in [2.24, 2.45) is 5.92 Å². The quantitative estimate of drug-likeness (QED) is 0.784. The van der Waals surface area contributed by atoms with Crippen molar-refractivity contribution < 1.29 is 4.39 Å². The van der Waals surface area contributed by atoms with Gasteiger partial charge >= 0.3 is 0 Å². The van der Waals surface area contributed by atoms with E-state index < -0.39 is 0 Å². The van der Waals surface area contributed by atoms with E-state index in [1.165, 1.54) is 12.1 Å². The molecule has 0 spiro atoms. The van der Waals surface area contributed by atoms with Crippen molar-refractivity contribution >= 4 is 11.6 Å². The number of rotatable bonds is 6. The molecule has 0 atom stereocenters. The molecule has 0 radical (unpaired) electrons. The van der Waals surface area contributed by atoms with Crippen molar-refractivity contribution in [2.45, 2.75) is 26.8 Å². The first kappa shape index (κ1) is 14.9. The van der Waals surface area contributed by atoms with E-state index in [9.17, 15) is 4.39 Å². The summed E-state index contributed by atoms with van der Waals surface area (Å²) in [5, 5.41) is 9.22. The first-order chi connectivity index (χ1) is 8.52. The molecule has 1 aromatic rings. The maximum atomic E-state index is 13.2. The van der Waals surface area contributed by atoms with E-state index >= 15 is 0 Å². The van der Waals surface area contributed by atoms with Crippen LogP contribution in [0.4, 0.5) is 4.39 Å².